The van der Waals surface area contributed by atoms with E-state index in [0.717, 1.165) is 23.4 Å². The molecule has 0 aliphatic rings. The van der Waals surface area contributed by atoms with Crippen LogP contribution in [0.4, 0.5) is 0 Å². The number of hydrogen-bond acceptors (Lipinski definition) is 2. The van der Waals surface area contributed by atoms with Crippen LogP contribution in [0.1, 0.15) is 31.1 Å². The number of alkyl halides is 1. The molecule has 0 radical (unpaired) electrons. The van der Waals surface area contributed by atoms with Gasteiger partial charge < -0.3 is 4.42 Å². The highest BCUT2D eigenvalue weighted by molar-refractivity contribution is 9.08. The van der Waals surface area contributed by atoms with Crippen molar-refractivity contribution in [2.24, 2.45) is 5.92 Å². The Morgan fingerprint density at radius 3 is 2.44 bits per heavy atom. The number of rotatable bonds is 4. The molecule has 0 N–H and O–H groups in total. The van der Waals surface area contributed by atoms with E-state index in [1.807, 2.05) is 6.92 Å². The highest BCUT2D eigenvalue weighted by Crippen LogP contribution is 2.26. The monoisotopic (exact) mass is 307 g/mol. The first-order chi connectivity index (χ1) is 8.60. The lowest BCUT2D eigenvalue weighted by Crippen LogP contribution is -1.93. The van der Waals surface area contributed by atoms with Crippen molar-refractivity contribution in [3.8, 4) is 11.3 Å². The summed E-state index contributed by atoms with van der Waals surface area (Å²) >= 11 is 3.43. The Labute approximate surface area is 117 Å². The summed E-state index contributed by atoms with van der Waals surface area (Å²) in [5, 5.41) is 0.691. The molecule has 2 aromatic rings. The summed E-state index contributed by atoms with van der Waals surface area (Å²) < 4.78 is 5.56. The SMILES string of the molecule is Cc1nc(-c2ccc(CC(C)C)cc2)c(CBr)o1. The fraction of sp³-hybridized carbons (Fsp3) is 0.400. The highest BCUT2D eigenvalue weighted by Gasteiger charge is 2.11. The largest absolute Gasteiger partial charge is 0.444 e. The Hall–Kier alpha value is -1.09. The second-order valence-electron chi connectivity index (χ2n) is 4.93. The number of aromatic nitrogens is 1. The van der Waals surface area contributed by atoms with Crippen molar-refractivity contribution in [3.05, 3.63) is 41.5 Å². The minimum atomic E-state index is 0.684. The number of nitrogens with zero attached hydrogens (tertiary/aromatic N) is 1. The lowest BCUT2D eigenvalue weighted by Gasteiger charge is -2.05. The lowest BCUT2D eigenvalue weighted by molar-refractivity contribution is 0.492. The van der Waals surface area contributed by atoms with Gasteiger partial charge in [0.2, 0.25) is 0 Å². The maximum atomic E-state index is 5.56. The van der Waals surface area contributed by atoms with Crippen molar-refractivity contribution >= 4 is 15.9 Å². The molecule has 3 heteroatoms. The summed E-state index contributed by atoms with van der Waals surface area (Å²) in [4.78, 5) is 4.45. The molecule has 1 aromatic carbocycles. The van der Waals surface area contributed by atoms with E-state index in [-0.39, 0.29) is 0 Å². The van der Waals surface area contributed by atoms with E-state index < -0.39 is 0 Å². The Morgan fingerprint density at radius 1 is 1.22 bits per heavy atom. The van der Waals surface area contributed by atoms with Crippen LogP contribution in [-0.4, -0.2) is 4.98 Å². The van der Waals surface area contributed by atoms with Gasteiger partial charge in [-0.25, -0.2) is 4.98 Å². The Morgan fingerprint density at radius 2 is 1.89 bits per heavy atom. The zero-order valence-corrected chi connectivity index (χ0v) is 12.6. The molecule has 0 unspecified atom stereocenters. The third kappa shape index (κ3) is 3.02. The molecule has 1 heterocycles. The van der Waals surface area contributed by atoms with Gasteiger partial charge in [0.05, 0.1) is 5.33 Å². The van der Waals surface area contributed by atoms with Crippen molar-refractivity contribution in [1.82, 2.24) is 4.98 Å². The normalized spacial score (nSPS) is 11.2. The number of benzene rings is 1. The highest BCUT2D eigenvalue weighted by atomic mass is 79.9. The van der Waals surface area contributed by atoms with Gasteiger partial charge in [0.1, 0.15) is 11.5 Å². The topological polar surface area (TPSA) is 26.0 Å². The molecule has 2 rings (SSSR count). The van der Waals surface area contributed by atoms with Crippen LogP contribution >= 0.6 is 15.9 Å². The lowest BCUT2D eigenvalue weighted by atomic mass is 10.0. The van der Waals surface area contributed by atoms with Crippen LogP contribution in [-0.2, 0) is 11.8 Å². The number of oxazole rings is 1. The molecule has 0 spiro atoms. The van der Waals surface area contributed by atoms with Crippen LogP contribution in [0.5, 0.6) is 0 Å². The van der Waals surface area contributed by atoms with Gasteiger partial charge in [0.25, 0.3) is 0 Å². The van der Waals surface area contributed by atoms with Gasteiger partial charge in [-0.05, 0) is 17.9 Å². The van der Waals surface area contributed by atoms with Gasteiger partial charge in [-0.1, -0.05) is 54.0 Å². The van der Waals surface area contributed by atoms with Gasteiger partial charge in [-0.2, -0.15) is 0 Å². The molecule has 18 heavy (non-hydrogen) atoms. The number of hydrogen-bond donors (Lipinski definition) is 0. The molecule has 0 aliphatic carbocycles. The summed E-state index contributed by atoms with van der Waals surface area (Å²) in [6.07, 6.45) is 1.11. The summed E-state index contributed by atoms with van der Waals surface area (Å²) in [6, 6.07) is 8.61. The van der Waals surface area contributed by atoms with E-state index in [9.17, 15) is 0 Å². The minimum Gasteiger partial charge on any atom is -0.444 e. The molecule has 0 saturated carbocycles. The van der Waals surface area contributed by atoms with Crippen LogP contribution in [0.15, 0.2) is 28.7 Å². The van der Waals surface area contributed by atoms with Crippen LogP contribution in [0, 0.1) is 12.8 Å². The smallest absolute Gasteiger partial charge is 0.191 e. The fourth-order valence-electron chi connectivity index (χ4n) is 2.06. The van der Waals surface area contributed by atoms with Crippen LogP contribution in [0.2, 0.25) is 0 Å². The average Bonchev–Trinajstić information content (AvgIpc) is 2.71. The maximum absolute atomic E-state index is 5.56. The summed E-state index contributed by atoms with van der Waals surface area (Å²) in [7, 11) is 0. The standard InChI is InChI=1S/C15H18BrNO/c1-10(2)8-12-4-6-13(7-5-12)15-14(9-16)18-11(3)17-15/h4-7,10H,8-9H2,1-3H3. The van der Waals surface area contributed by atoms with Crippen LogP contribution < -0.4 is 0 Å². The molecule has 0 saturated heterocycles. The number of aryl methyl sites for hydroxylation is 1. The average molecular weight is 308 g/mol. The third-order valence-corrected chi connectivity index (χ3v) is 3.31. The molecular formula is C15H18BrNO. The first-order valence-electron chi connectivity index (χ1n) is 6.21. The van der Waals surface area contributed by atoms with E-state index in [0.29, 0.717) is 17.1 Å². The maximum Gasteiger partial charge on any atom is 0.191 e. The molecule has 0 atom stereocenters. The molecule has 0 fully saturated rings. The van der Waals surface area contributed by atoms with Crippen molar-refractivity contribution in [2.75, 3.05) is 0 Å². The fourth-order valence-corrected chi connectivity index (χ4v) is 2.44. The third-order valence-electron chi connectivity index (χ3n) is 2.80. The van der Waals surface area contributed by atoms with E-state index >= 15 is 0 Å². The zero-order chi connectivity index (χ0) is 13.1. The molecule has 0 bridgehead atoms. The predicted molar refractivity (Wildman–Crippen MR) is 77.8 cm³/mol. The van der Waals surface area contributed by atoms with E-state index in [1.165, 1.54) is 5.56 Å². The number of halogens is 1. The van der Waals surface area contributed by atoms with Gasteiger partial charge in [-0.15, -0.1) is 0 Å². The van der Waals surface area contributed by atoms with Crippen LogP contribution in [0.25, 0.3) is 11.3 Å². The van der Waals surface area contributed by atoms with E-state index in [2.05, 4.69) is 59.0 Å². The van der Waals surface area contributed by atoms with Crippen molar-refractivity contribution in [3.63, 3.8) is 0 Å². The molecule has 96 valence electrons. The molecule has 0 aliphatic heterocycles. The first-order valence-corrected chi connectivity index (χ1v) is 7.34. The summed E-state index contributed by atoms with van der Waals surface area (Å²) in [5.74, 6) is 2.29. The molecule has 0 amide bonds. The van der Waals surface area contributed by atoms with E-state index in [1.54, 1.807) is 0 Å². The van der Waals surface area contributed by atoms with Gasteiger partial charge >= 0.3 is 0 Å². The predicted octanol–water partition coefficient (Wildman–Crippen LogP) is 4.74. The van der Waals surface area contributed by atoms with Gasteiger partial charge in [0.15, 0.2) is 5.89 Å². The summed E-state index contributed by atoms with van der Waals surface area (Å²) in [6.45, 7) is 6.35. The van der Waals surface area contributed by atoms with Gasteiger partial charge in [-0.3, -0.25) is 0 Å². The zero-order valence-electron chi connectivity index (χ0n) is 11.0. The quantitative estimate of drug-likeness (QED) is 0.762. The first kappa shape index (κ1) is 13.3. The van der Waals surface area contributed by atoms with Gasteiger partial charge in [0, 0.05) is 12.5 Å². The van der Waals surface area contributed by atoms with Crippen molar-refractivity contribution < 1.29 is 4.42 Å². The van der Waals surface area contributed by atoms with Crippen LogP contribution in [0.3, 0.4) is 0 Å². The molecular weight excluding hydrogens is 290 g/mol. The Balaban J connectivity index is 2.28. The van der Waals surface area contributed by atoms with Crippen molar-refractivity contribution in [1.29, 1.82) is 0 Å². The van der Waals surface area contributed by atoms with E-state index in [4.69, 9.17) is 4.42 Å². The Kier molecular flexibility index (Phi) is 4.23. The molecule has 1 aromatic heterocycles. The summed E-state index contributed by atoms with van der Waals surface area (Å²) in [5.41, 5.74) is 3.43. The second-order valence-corrected chi connectivity index (χ2v) is 5.49. The van der Waals surface area contributed by atoms with Crippen molar-refractivity contribution in [2.45, 2.75) is 32.5 Å². The molecule has 2 nitrogen and oxygen atoms in total. The Bertz CT molecular complexity index is 514. The minimum absolute atomic E-state index is 0.684. The second kappa shape index (κ2) is 5.70.